The molecule has 5 heteroatoms. The number of hydrogen-bond acceptors (Lipinski definition) is 3. The fraction of sp³-hybridized carbons (Fsp3) is 0.348. The maximum Gasteiger partial charge on any atom is 0.216 e. The standard InChI is InChI=1S/C23H27N3O2/c1-16(27)24-11-9-20-21-13-19(28-2)7-8-22(21)25-23(20)15-26-12-10-17-5-3-4-6-18(17)14-26/h3-8,13,25H,9-12,14-15H2,1-2H3,(H,24,27). The summed E-state index contributed by atoms with van der Waals surface area (Å²) in [7, 11) is 1.69. The Balaban J connectivity index is 1.61. The number of carbonyl (C=O) groups is 1. The zero-order valence-corrected chi connectivity index (χ0v) is 16.5. The van der Waals surface area contributed by atoms with Crippen LogP contribution >= 0.6 is 0 Å². The van der Waals surface area contributed by atoms with E-state index in [9.17, 15) is 4.79 Å². The number of aromatic nitrogens is 1. The van der Waals surface area contributed by atoms with Gasteiger partial charge in [-0.3, -0.25) is 9.69 Å². The van der Waals surface area contributed by atoms with Crippen LogP contribution in [0.15, 0.2) is 42.5 Å². The molecular weight excluding hydrogens is 350 g/mol. The summed E-state index contributed by atoms with van der Waals surface area (Å²) in [4.78, 5) is 17.4. The number of H-pyrrole nitrogens is 1. The third-order valence-corrected chi connectivity index (χ3v) is 5.54. The van der Waals surface area contributed by atoms with E-state index in [2.05, 4.69) is 51.6 Å². The lowest BCUT2D eigenvalue weighted by Crippen LogP contribution is -2.30. The van der Waals surface area contributed by atoms with Crippen LogP contribution in [-0.4, -0.2) is 36.0 Å². The number of nitrogens with zero attached hydrogens (tertiary/aromatic N) is 1. The molecule has 2 heterocycles. The van der Waals surface area contributed by atoms with Crippen molar-refractivity contribution in [2.75, 3.05) is 20.2 Å². The molecule has 0 fully saturated rings. The Morgan fingerprint density at radius 1 is 1.21 bits per heavy atom. The molecular formula is C23H27N3O2. The van der Waals surface area contributed by atoms with E-state index in [0.717, 1.165) is 43.7 Å². The Morgan fingerprint density at radius 2 is 2.04 bits per heavy atom. The van der Waals surface area contributed by atoms with Crippen LogP contribution in [0.2, 0.25) is 0 Å². The van der Waals surface area contributed by atoms with Gasteiger partial charge in [0.05, 0.1) is 7.11 Å². The number of nitrogens with one attached hydrogen (secondary N) is 2. The maximum atomic E-state index is 11.3. The fourth-order valence-electron chi connectivity index (χ4n) is 4.11. The van der Waals surface area contributed by atoms with Crippen molar-refractivity contribution in [1.29, 1.82) is 0 Å². The van der Waals surface area contributed by atoms with E-state index in [4.69, 9.17) is 4.74 Å². The first-order valence-corrected chi connectivity index (χ1v) is 9.85. The van der Waals surface area contributed by atoms with Crippen molar-refractivity contribution >= 4 is 16.8 Å². The number of aromatic amines is 1. The molecule has 2 N–H and O–H groups in total. The summed E-state index contributed by atoms with van der Waals surface area (Å²) in [6, 6.07) is 14.9. The molecule has 0 saturated heterocycles. The topological polar surface area (TPSA) is 57.4 Å². The van der Waals surface area contributed by atoms with Gasteiger partial charge in [-0.1, -0.05) is 24.3 Å². The third kappa shape index (κ3) is 3.90. The lowest BCUT2D eigenvalue weighted by molar-refractivity contribution is -0.118. The van der Waals surface area contributed by atoms with E-state index >= 15 is 0 Å². The first kappa shape index (κ1) is 18.6. The second-order valence-corrected chi connectivity index (χ2v) is 7.46. The van der Waals surface area contributed by atoms with Gasteiger partial charge >= 0.3 is 0 Å². The highest BCUT2D eigenvalue weighted by Crippen LogP contribution is 2.29. The number of fused-ring (bicyclic) bond motifs is 2. The van der Waals surface area contributed by atoms with Gasteiger partial charge in [0, 0.05) is 49.7 Å². The number of methoxy groups -OCH3 is 1. The number of carbonyl (C=O) groups excluding carboxylic acids is 1. The largest absolute Gasteiger partial charge is 0.497 e. The number of ether oxygens (including phenoxy) is 1. The number of amides is 1. The molecule has 146 valence electrons. The second-order valence-electron chi connectivity index (χ2n) is 7.46. The molecule has 5 nitrogen and oxygen atoms in total. The molecule has 4 rings (SSSR count). The van der Waals surface area contributed by atoms with Gasteiger partial charge in [-0.15, -0.1) is 0 Å². The molecule has 0 aliphatic carbocycles. The highest BCUT2D eigenvalue weighted by Gasteiger charge is 2.19. The molecule has 0 spiro atoms. The zero-order valence-electron chi connectivity index (χ0n) is 16.5. The van der Waals surface area contributed by atoms with Crippen molar-refractivity contribution in [2.24, 2.45) is 0 Å². The van der Waals surface area contributed by atoms with E-state index < -0.39 is 0 Å². The molecule has 0 saturated carbocycles. The van der Waals surface area contributed by atoms with Gasteiger partial charge in [-0.05, 0) is 47.7 Å². The van der Waals surface area contributed by atoms with Crippen LogP contribution in [0, 0.1) is 0 Å². The number of rotatable bonds is 6. The molecule has 2 aromatic carbocycles. The van der Waals surface area contributed by atoms with Crippen LogP contribution in [0.3, 0.4) is 0 Å². The summed E-state index contributed by atoms with van der Waals surface area (Å²) in [6.07, 6.45) is 1.89. The van der Waals surface area contributed by atoms with Crippen LogP contribution < -0.4 is 10.1 Å². The normalized spacial score (nSPS) is 14.1. The monoisotopic (exact) mass is 377 g/mol. The van der Waals surface area contributed by atoms with E-state index in [0.29, 0.717) is 6.54 Å². The predicted octanol–water partition coefficient (Wildman–Crippen LogP) is 3.41. The Kier molecular flexibility index (Phi) is 5.35. The molecule has 1 amide bonds. The summed E-state index contributed by atoms with van der Waals surface area (Å²) in [5, 5.41) is 4.10. The second kappa shape index (κ2) is 8.07. The lowest BCUT2D eigenvalue weighted by atomic mass is 9.99. The molecule has 0 radical (unpaired) electrons. The Morgan fingerprint density at radius 3 is 2.82 bits per heavy atom. The molecule has 1 aromatic heterocycles. The summed E-state index contributed by atoms with van der Waals surface area (Å²) < 4.78 is 5.42. The minimum Gasteiger partial charge on any atom is -0.497 e. The maximum absolute atomic E-state index is 11.3. The quantitative estimate of drug-likeness (QED) is 0.692. The molecule has 0 unspecified atom stereocenters. The van der Waals surface area contributed by atoms with Gasteiger partial charge in [0.25, 0.3) is 0 Å². The highest BCUT2D eigenvalue weighted by molar-refractivity contribution is 5.86. The van der Waals surface area contributed by atoms with Gasteiger partial charge < -0.3 is 15.0 Å². The predicted molar refractivity (Wildman–Crippen MR) is 111 cm³/mol. The van der Waals surface area contributed by atoms with Crippen molar-refractivity contribution < 1.29 is 9.53 Å². The van der Waals surface area contributed by atoms with Crippen LogP contribution in [0.25, 0.3) is 10.9 Å². The summed E-state index contributed by atoms with van der Waals surface area (Å²) in [5.74, 6) is 0.859. The smallest absolute Gasteiger partial charge is 0.216 e. The van der Waals surface area contributed by atoms with Gasteiger partial charge in [0.1, 0.15) is 5.75 Å². The van der Waals surface area contributed by atoms with Gasteiger partial charge in [-0.25, -0.2) is 0 Å². The average molecular weight is 377 g/mol. The average Bonchev–Trinajstić information content (AvgIpc) is 3.04. The van der Waals surface area contributed by atoms with Crippen molar-refractivity contribution in [3.05, 3.63) is 64.8 Å². The third-order valence-electron chi connectivity index (χ3n) is 5.54. The molecule has 1 aliphatic rings. The first-order chi connectivity index (χ1) is 13.6. The van der Waals surface area contributed by atoms with E-state index in [1.165, 1.54) is 27.8 Å². The zero-order chi connectivity index (χ0) is 19.5. The van der Waals surface area contributed by atoms with Crippen LogP contribution in [0.5, 0.6) is 5.75 Å². The summed E-state index contributed by atoms with van der Waals surface area (Å²) in [5.41, 5.74) is 6.50. The van der Waals surface area contributed by atoms with Crippen LogP contribution in [0.4, 0.5) is 0 Å². The van der Waals surface area contributed by atoms with Crippen molar-refractivity contribution in [2.45, 2.75) is 32.9 Å². The van der Waals surface area contributed by atoms with Crippen molar-refractivity contribution in [3.63, 3.8) is 0 Å². The van der Waals surface area contributed by atoms with Crippen molar-refractivity contribution in [3.8, 4) is 5.75 Å². The minimum absolute atomic E-state index is 0.00612. The number of hydrogen-bond donors (Lipinski definition) is 2. The van der Waals surface area contributed by atoms with E-state index in [1.54, 1.807) is 14.0 Å². The molecule has 1 aliphatic heterocycles. The highest BCUT2D eigenvalue weighted by atomic mass is 16.5. The van der Waals surface area contributed by atoms with Gasteiger partial charge in [0.2, 0.25) is 5.91 Å². The summed E-state index contributed by atoms with van der Waals surface area (Å²) >= 11 is 0. The van der Waals surface area contributed by atoms with Gasteiger partial charge in [-0.2, -0.15) is 0 Å². The van der Waals surface area contributed by atoms with Crippen molar-refractivity contribution in [1.82, 2.24) is 15.2 Å². The van der Waals surface area contributed by atoms with E-state index in [1.807, 2.05) is 6.07 Å². The SMILES string of the molecule is COc1ccc2[nH]c(CN3CCc4ccccc4C3)c(CCNC(C)=O)c2c1. The van der Waals surface area contributed by atoms with Crippen LogP contribution in [0.1, 0.15) is 29.3 Å². The minimum atomic E-state index is 0.00612. The molecule has 0 atom stereocenters. The Hall–Kier alpha value is -2.79. The molecule has 28 heavy (non-hydrogen) atoms. The molecule has 3 aromatic rings. The Bertz CT molecular complexity index is 993. The Labute approximate surface area is 165 Å². The fourth-order valence-corrected chi connectivity index (χ4v) is 4.11. The lowest BCUT2D eigenvalue weighted by Gasteiger charge is -2.28. The number of benzene rings is 2. The first-order valence-electron chi connectivity index (χ1n) is 9.85. The van der Waals surface area contributed by atoms with E-state index in [-0.39, 0.29) is 5.91 Å². The summed E-state index contributed by atoms with van der Waals surface area (Å²) in [6.45, 7) is 5.10. The van der Waals surface area contributed by atoms with Gasteiger partial charge in [0.15, 0.2) is 0 Å². The van der Waals surface area contributed by atoms with Crippen LogP contribution in [-0.2, 0) is 30.7 Å². The molecule has 0 bridgehead atoms.